The zero-order valence-corrected chi connectivity index (χ0v) is 19.2. The second-order valence-electron chi connectivity index (χ2n) is 8.06. The topological polar surface area (TPSA) is 44.8 Å². The number of hydrogen-bond donors (Lipinski definition) is 0. The molecule has 0 unspecified atom stereocenters. The Morgan fingerprint density at radius 1 is 0.778 bits per heavy atom. The lowest BCUT2D eigenvalue weighted by molar-refractivity contribution is -0.131. The van der Waals surface area contributed by atoms with Crippen molar-refractivity contribution in [3.8, 4) is 11.5 Å². The van der Waals surface area contributed by atoms with Crippen molar-refractivity contribution in [1.29, 1.82) is 0 Å². The van der Waals surface area contributed by atoms with Gasteiger partial charge in [-0.15, -0.1) is 0 Å². The summed E-state index contributed by atoms with van der Waals surface area (Å²) < 4.78 is 17.1. The third-order valence-electron chi connectivity index (χ3n) is 4.16. The number of rotatable bonds is 8. The van der Waals surface area contributed by atoms with Gasteiger partial charge in [-0.25, -0.2) is 0 Å². The van der Waals surface area contributed by atoms with Crippen LogP contribution in [0.4, 0.5) is 0 Å². The summed E-state index contributed by atoms with van der Waals surface area (Å²) in [6.45, 7) is 10.5. The van der Waals surface area contributed by atoms with Crippen molar-refractivity contribution in [3.05, 3.63) is 59.7 Å². The van der Waals surface area contributed by atoms with Gasteiger partial charge in [0.1, 0.15) is 11.5 Å². The summed E-state index contributed by atoms with van der Waals surface area (Å²) in [7, 11) is -2.03. The number of ether oxygens (including phenoxy) is 2. The molecule has 0 bridgehead atoms. The largest absolute Gasteiger partial charge is 0.497 e. The molecule has 0 N–H and O–H groups in total. The highest BCUT2D eigenvalue weighted by atomic mass is 28.4. The molecular formula is C21H30O4Si2. The summed E-state index contributed by atoms with van der Waals surface area (Å²) in [6, 6.07) is 17.9. The molecule has 2 aromatic carbocycles. The van der Waals surface area contributed by atoms with Crippen molar-refractivity contribution in [1.82, 2.24) is 0 Å². The molecule has 0 aliphatic rings. The Labute approximate surface area is 164 Å². The smallest absolute Gasteiger partial charge is 0.308 e. The quantitative estimate of drug-likeness (QED) is 0.357. The fourth-order valence-electron chi connectivity index (χ4n) is 3.39. The maximum absolute atomic E-state index is 11.0. The summed E-state index contributed by atoms with van der Waals surface area (Å²) in [5.41, 5.74) is 2.51. The van der Waals surface area contributed by atoms with Gasteiger partial charge >= 0.3 is 5.97 Å². The van der Waals surface area contributed by atoms with Crippen LogP contribution in [0.15, 0.2) is 48.5 Å². The highest BCUT2D eigenvalue weighted by Crippen LogP contribution is 2.24. The van der Waals surface area contributed by atoms with E-state index in [9.17, 15) is 4.79 Å². The van der Waals surface area contributed by atoms with Crippen LogP contribution in [0.25, 0.3) is 0 Å². The van der Waals surface area contributed by atoms with Gasteiger partial charge in [0.15, 0.2) is 16.6 Å². The van der Waals surface area contributed by atoms with Crippen LogP contribution < -0.4 is 9.47 Å². The molecule has 6 heteroatoms. The van der Waals surface area contributed by atoms with Crippen LogP contribution in [0.5, 0.6) is 11.5 Å². The number of esters is 1. The first-order valence-corrected chi connectivity index (χ1v) is 15.4. The fraction of sp³-hybridized carbons (Fsp3) is 0.381. The molecule has 4 nitrogen and oxygen atoms in total. The maximum atomic E-state index is 11.0. The van der Waals surface area contributed by atoms with E-state index in [0.717, 1.165) is 17.8 Å². The number of carbonyl (C=O) groups is 1. The molecule has 27 heavy (non-hydrogen) atoms. The SMILES string of the molecule is COc1ccc(C[Si](C)(C)O[Si](C)(C)Cc2ccc(OC(C)=O)cc2)cc1. The Balaban J connectivity index is 1.99. The number of methoxy groups -OCH3 is 1. The highest BCUT2D eigenvalue weighted by molar-refractivity contribution is 6.84. The molecule has 0 saturated heterocycles. The monoisotopic (exact) mass is 402 g/mol. The van der Waals surface area contributed by atoms with Gasteiger partial charge in [-0.2, -0.15) is 0 Å². The summed E-state index contributed by atoms with van der Waals surface area (Å²) in [4.78, 5) is 11.0. The van der Waals surface area contributed by atoms with Gasteiger partial charge in [0.25, 0.3) is 0 Å². The van der Waals surface area contributed by atoms with Crippen molar-refractivity contribution >= 4 is 22.6 Å². The first-order chi connectivity index (χ1) is 12.6. The standard InChI is InChI=1S/C21H30O4Si2/c1-17(22)24-21-13-9-19(10-14-21)16-27(5,6)25-26(3,4)15-18-7-11-20(23-2)12-8-18/h7-14H,15-16H2,1-6H3. The Bertz CT molecular complexity index is 753. The van der Waals surface area contributed by atoms with Crippen molar-refractivity contribution in [3.63, 3.8) is 0 Å². The molecule has 0 aliphatic carbocycles. The molecule has 0 spiro atoms. The second-order valence-corrected chi connectivity index (χ2v) is 16.6. The average Bonchev–Trinajstić information content (AvgIpc) is 2.55. The molecule has 0 radical (unpaired) electrons. The molecule has 0 aromatic heterocycles. The first kappa shape index (κ1) is 21.4. The van der Waals surface area contributed by atoms with E-state index in [4.69, 9.17) is 13.6 Å². The van der Waals surface area contributed by atoms with Crippen LogP contribution in [0.2, 0.25) is 26.2 Å². The fourth-order valence-corrected chi connectivity index (χ4v) is 12.4. The second kappa shape index (κ2) is 8.86. The zero-order chi connectivity index (χ0) is 20.1. The van der Waals surface area contributed by atoms with E-state index in [1.165, 1.54) is 18.1 Å². The van der Waals surface area contributed by atoms with E-state index >= 15 is 0 Å². The molecule has 0 saturated carbocycles. The van der Waals surface area contributed by atoms with E-state index in [2.05, 4.69) is 38.3 Å². The van der Waals surface area contributed by atoms with Crippen LogP contribution in [0, 0.1) is 0 Å². The lowest BCUT2D eigenvalue weighted by atomic mass is 10.2. The number of benzene rings is 2. The Hall–Kier alpha value is -1.90. The van der Waals surface area contributed by atoms with Gasteiger partial charge in [0, 0.05) is 6.92 Å². The van der Waals surface area contributed by atoms with E-state index < -0.39 is 16.6 Å². The van der Waals surface area contributed by atoms with Crippen LogP contribution in [-0.2, 0) is 21.0 Å². The minimum atomic E-state index is -1.87. The maximum Gasteiger partial charge on any atom is 0.308 e. The minimum absolute atomic E-state index is 0.299. The lowest BCUT2D eigenvalue weighted by Gasteiger charge is -2.34. The van der Waals surface area contributed by atoms with Gasteiger partial charge < -0.3 is 13.6 Å². The lowest BCUT2D eigenvalue weighted by Crippen LogP contribution is -2.47. The van der Waals surface area contributed by atoms with Crippen molar-refractivity contribution in [2.45, 2.75) is 45.2 Å². The Morgan fingerprint density at radius 2 is 1.19 bits per heavy atom. The summed E-state index contributed by atoms with van der Waals surface area (Å²) in [5.74, 6) is 1.17. The molecule has 0 heterocycles. The van der Waals surface area contributed by atoms with E-state index in [-0.39, 0.29) is 5.97 Å². The molecule has 0 fully saturated rings. The predicted molar refractivity (Wildman–Crippen MR) is 114 cm³/mol. The van der Waals surface area contributed by atoms with Gasteiger partial charge in [0.2, 0.25) is 0 Å². The van der Waals surface area contributed by atoms with Gasteiger partial charge in [-0.3, -0.25) is 4.79 Å². The van der Waals surface area contributed by atoms with Gasteiger partial charge in [-0.05, 0) is 73.7 Å². The van der Waals surface area contributed by atoms with Crippen molar-refractivity contribution < 1.29 is 18.4 Å². The normalized spacial score (nSPS) is 11.9. The average molecular weight is 403 g/mol. The van der Waals surface area contributed by atoms with Crippen molar-refractivity contribution in [2.75, 3.05) is 7.11 Å². The zero-order valence-electron chi connectivity index (χ0n) is 17.2. The molecule has 0 amide bonds. The number of hydrogen-bond acceptors (Lipinski definition) is 4. The van der Waals surface area contributed by atoms with Gasteiger partial charge in [-0.1, -0.05) is 24.3 Å². The first-order valence-electron chi connectivity index (χ1n) is 9.19. The molecule has 0 atom stereocenters. The Morgan fingerprint density at radius 3 is 1.56 bits per heavy atom. The van der Waals surface area contributed by atoms with Crippen LogP contribution in [-0.4, -0.2) is 29.7 Å². The van der Waals surface area contributed by atoms with Crippen LogP contribution in [0.1, 0.15) is 18.1 Å². The van der Waals surface area contributed by atoms with E-state index in [1.54, 1.807) is 7.11 Å². The third-order valence-corrected chi connectivity index (χ3v) is 11.1. The Kier molecular flexibility index (Phi) is 7.03. The van der Waals surface area contributed by atoms with E-state index in [0.29, 0.717) is 5.75 Å². The summed E-state index contributed by atoms with van der Waals surface area (Å²) in [5, 5.41) is 0. The van der Waals surface area contributed by atoms with Crippen LogP contribution >= 0.6 is 0 Å². The third kappa shape index (κ3) is 7.32. The summed E-state index contributed by atoms with van der Waals surface area (Å²) in [6.07, 6.45) is 0. The minimum Gasteiger partial charge on any atom is -0.497 e. The van der Waals surface area contributed by atoms with Crippen LogP contribution in [0.3, 0.4) is 0 Å². The molecular weight excluding hydrogens is 372 g/mol. The van der Waals surface area contributed by atoms with E-state index in [1.807, 2.05) is 36.4 Å². The number of carbonyl (C=O) groups excluding carboxylic acids is 1. The molecule has 146 valence electrons. The summed E-state index contributed by atoms with van der Waals surface area (Å²) >= 11 is 0. The molecule has 2 rings (SSSR count). The molecule has 2 aromatic rings. The predicted octanol–water partition coefficient (Wildman–Crippen LogP) is 4.91. The van der Waals surface area contributed by atoms with Crippen molar-refractivity contribution in [2.24, 2.45) is 0 Å². The highest BCUT2D eigenvalue weighted by Gasteiger charge is 2.33. The molecule has 0 aliphatic heterocycles. The van der Waals surface area contributed by atoms with Gasteiger partial charge in [0.05, 0.1) is 7.11 Å².